The number of thioether (sulfide) groups is 1. The van der Waals surface area contributed by atoms with Gasteiger partial charge in [0.1, 0.15) is 0 Å². The van der Waals surface area contributed by atoms with Crippen LogP contribution in [0.4, 0.5) is 10.5 Å². The number of hydrogen-bond donors (Lipinski definition) is 1. The Balaban J connectivity index is 1.88. The highest BCUT2D eigenvalue weighted by Gasteiger charge is 2.29. The van der Waals surface area contributed by atoms with E-state index >= 15 is 0 Å². The predicted molar refractivity (Wildman–Crippen MR) is 79.0 cm³/mol. The van der Waals surface area contributed by atoms with Crippen molar-refractivity contribution in [2.75, 3.05) is 13.1 Å². The van der Waals surface area contributed by atoms with Gasteiger partial charge in [0.25, 0.3) is 5.69 Å². The first-order valence-corrected chi connectivity index (χ1v) is 7.48. The summed E-state index contributed by atoms with van der Waals surface area (Å²) in [6, 6.07) is 5.88. The molecular weight excluding hydrogens is 294 g/mol. The van der Waals surface area contributed by atoms with Crippen LogP contribution in [0, 0.1) is 10.1 Å². The second-order valence-corrected chi connectivity index (χ2v) is 5.93. The van der Waals surface area contributed by atoms with Gasteiger partial charge in [0.15, 0.2) is 0 Å². The van der Waals surface area contributed by atoms with E-state index in [-0.39, 0.29) is 22.9 Å². The zero-order valence-electron chi connectivity index (χ0n) is 11.4. The van der Waals surface area contributed by atoms with E-state index in [9.17, 15) is 19.7 Å². The molecule has 112 valence electrons. The summed E-state index contributed by atoms with van der Waals surface area (Å²) in [5.41, 5.74) is 0.942. The molecule has 3 amide bonds. The van der Waals surface area contributed by atoms with Crippen molar-refractivity contribution in [3.8, 4) is 0 Å². The summed E-state index contributed by atoms with van der Waals surface area (Å²) in [6.45, 7) is 2.65. The van der Waals surface area contributed by atoms with Crippen LogP contribution in [0.15, 0.2) is 24.3 Å². The summed E-state index contributed by atoms with van der Waals surface area (Å²) in [5.74, 6) is 0.345. The molecule has 0 aromatic heterocycles. The van der Waals surface area contributed by atoms with Crippen LogP contribution < -0.4 is 5.32 Å². The van der Waals surface area contributed by atoms with Gasteiger partial charge >= 0.3 is 6.03 Å². The van der Waals surface area contributed by atoms with E-state index in [1.165, 1.54) is 28.8 Å². The predicted octanol–water partition coefficient (Wildman–Crippen LogP) is 1.77. The van der Waals surface area contributed by atoms with Crippen LogP contribution in [0.2, 0.25) is 0 Å². The summed E-state index contributed by atoms with van der Waals surface area (Å²) in [7, 11) is 0. The summed E-state index contributed by atoms with van der Waals surface area (Å²) < 4.78 is 0. The summed E-state index contributed by atoms with van der Waals surface area (Å²) >= 11 is 1.40. The Labute approximate surface area is 125 Å². The topological polar surface area (TPSA) is 92.6 Å². The second kappa shape index (κ2) is 6.57. The lowest BCUT2D eigenvalue weighted by Gasteiger charge is -2.17. The zero-order valence-corrected chi connectivity index (χ0v) is 12.3. The van der Waals surface area contributed by atoms with Gasteiger partial charge in [0, 0.05) is 31.0 Å². The van der Waals surface area contributed by atoms with Crippen LogP contribution in [0.3, 0.4) is 0 Å². The third kappa shape index (κ3) is 3.72. The fourth-order valence-corrected chi connectivity index (χ4v) is 2.81. The minimum absolute atomic E-state index is 0.0432. The smallest absolute Gasteiger partial charge is 0.324 e. The Morgan fingerprint density at radius 1 is 1.48 bits per heavy atom. The number of carbonyl (C=O) groups is 2. The SMILES string of the molecule is CC(SCc1ccc([N+](=O)[O-])cc1)C(=O)N1CCNC1=O. The molecule has 21 heavy (non-hydrogen) atoms. The third-order valence-electron chi connectivity index (χ3n) is 3.12. The number of imide groups is 1. The standard InChI is InChI=1S/C13H15N3O4S/c1-9(12(17)15-7-6-14-13(15)18)21-8-10-2-4-11(5-3-10)16(19)20/h2-5,9H,6-8H2,1H3,(H,14,18). The number of urea groups is 1. The second-order valence-electron chi connectivity index (χ2n) is 4.60. The lowest BCUT2D eigenvalue weighted by atomic mass is 10.2. The van der Waals surface area contributed by atoms with E-state index in [1.54, 1.807) is 19.1 Å². The molecule has 0 saturated carbocycles. The van der Waals surface area contributed by atoms with Crippen LogP contribution in [-0.2, 0) is 10.5 Å². The molecule has 0 radical (unpaired) electrons. The minimum atomic E-state index is -0.449. The molecule has 0 bridgehead atoms. The zero-order chi connectivity index (χ0) is 15.4. The quantitative estimate of drug-likeness (QED) is 0.661. The van der Waals surface area contributed by atoms with E-state index < -0.39 is 4.92 Å². The van der Waals surface area contributed by atoms with Crippen LogP contribution in [0.1, 0.15) is 12.5 Å². The Kier molecular flexibility index (Phi) is 4.79. The highest BCUT2D eigenvalue weighted by molar-refractivity contribution is 7.99. The molecular formula is C13H15N3O4S. The minimum Gasteiger partial charge on any atom is -0.336 e. The van der Waals surface area contributed by atoms with E-state index in [0.29, 0.717) is 18.8 Å². The third-order valence-corrected chi connectivity index (χ3v) is 4.32. The maximum atomic E-state index is 12.1. The molecule has 1 fully saturated rings. The molecule has 0 aliphatic carbocycles. The van der Waals surface area contributed by atoms with Gasteiger partial charge in [0.2, 0.25) is 5.91 Å². The number of nitrogens with zero attached hydrogens (tertiary/aromatic N) is 2. The first kappa shape index (κ1) is 15.3. The monoisotopic (exact) mass is 309 g/mol. The molecule has 1 unspecified atom stereocenters. The number of benzene rings is 1. The maximum Gasteiger partial charge on any atom is 0.324 e. The van der Waals surface area contributed by atoms with Crippen LogP contribution in [0.5, 0.6) is 0 Å². The number of non-ortho nitro benzene ring substituents is 1. The van der Waals surface area contributed by atoms with Gasteiger partial charge in [-0.15, -0.1) is 11.8 Å². The van der Waals surface area contributed by atoms with E-state index in [0.717, 1.165) is 5.56 Å². The van der Waals surface area contributed by atoms with E-state index in [4.69, 9.17) is 0 Å². The van der Waals surface area contributed by atoms with Crippen molar-refractivity contribution in [2.24, 2.45) is 0 Å². The van der Waals surface area contributed by atoms with E-state index in [2.05, 4.69) is 5.32 Å². The summed E-state index contributed by atoms with van der Waals surface area (Å²) in [6.07, 6.45) is 0. The number of nitrogens with one attached hydrogen (secondary N) is 1. The Morgan fingerprint density at radius 2 is 2.14 bits per heavy atom. The molecule has 1 aliphatic heterocycles. The van der Waals surface area contributed by atoms with E-state index in [1.807, 2.05) is 0 Å². The van der Waals surface area contributed by atoms with Crippen molar-refractivity contribution in [1.29, 1.82) is 0 Å². The van der Waals surface area contributed by atoms with Gasteiger partial charge in [-0.25, -0.2) is 4.79 Å². The lowest BCUT2D eigenvalue weighted by Crippen LogP contribution is -2.38. The normalized spacial score (nSPS) is 15.7. The van der Waals surface area contributed by atoms with Crippen molar-refractivity contribution in [3.05, 3.63) is 39.9 Å². The molecule has 1 aromatic carbocycles. The van der Waals surface area contributed by atoms with Gasteiger partial charge in [-0.05, 0) is 12.5 Å². The van der Waals surface area contributed by atoms with Crippen molar-refractivity contribution in [3.63, 3.8) is 0 Å². The van der Waals surface area contributed by atoms with Crippen LogP contribution in [-0.4, -0.2) is 40.1 Å². The van der Waals surface area contributed by atoms with Crippen molar-refractivity contribution >= 4 is 29.4 Å². The first-order valence-electron chi connectivity index (χ1n) is 6.43. The summed E-state index contributed by atoms with van der Waals surface area (Å²) in [4.78, 5) is 34.8. The highest BCUT2D eigenvalue weighted by atomic mass is 32.2. The van der Waals surface area contributed by atoms with Gasteiger partial charge in [0.05, 0.1) is 10.2 Å². The molecule has 1 N–H and O–H groups in total. The number of rotatable bonds is 5. The Morgan fingerprint density at radius 3 is 2.67 bits per heavy atom. The maximum absolute atomic E-state index is 12.1. The average molecular weight is 309 g/mol. The number of carbonyl (C=O) groups excluding carboxylic acids is 2. The Hall–Kier alpha value is -2.09. The molecule has 8 heteroatoms. The molecule has 1 atom stereocenters. The summed E-state index contributed by atoms with van der Waals surface area (Å²) in [5, 5.41) is 12.8. The molecule has 0 spiro atoms. The highest BCUT2D eigenvalue weighted by Crippen LogP contribution is 2.21. The van der Waals surface area contributed by atoms with Gasteiger partial charge in [-0.3, -0.25) is 19.8 Å². The molecule has 7 nitrogen and oxygen atoms in total. The van der Waals surface area contributed by atoms with Gasteiger partial charge < -0.3 is 5.32 Å². The fourth-order valence-electron chi connectivity index (χ4n) is 1.91. The van der Waals surface area contributed by atoms with Crippen molar-refractivity contribution < 1.29 is 14.5 Å². The molecule has 1 saturated heterocycles. The first-order chi connectivity index (χ1) is 9.99. The number of amides is 3. The fraction of sp³-hybridized carbons (Fsp3) is 0.385. The number of nitro groups is 1. The van der Waals surface area contributed by atoms with Crippen LogP contribution >= 0.6 is 11.8 Å². The van der Waals surface area contributed by atoms with Crippen molar-refractivity contribution in [2.45, 2.75) is 17.9 Å². The molecule has 2 rings (SSSR count). The average Bonchev–Trinajstić information content (AvgIpc) is 2.90. The molecule has 1 aliphatic rings. The Bertz CT molecular complexity index is 561. The molecule has 1 heterocycles. The van der Waals surface area contributed by atoms with Crippen LogP contribution in [0.25, 0.3) is 0 Å². The number of hydrogen-bond acceptors (Lipinski definition) is 5. The molecule has 1 aromatic rings. The lowest BCUT2D eigenvalue weighted by molar-refractivity contribution is -0.384. The van der Waals surface area contributed by atoms with Crippen molar-refractivity contribution in [1.82, 2.24) is 10.2 Å². The van der Waals surface area contributed by atoms with Gasteiger partial charge in [-0.1, -0.05) is 12.1 Å². The largest absolute Gasteiger partial charge is 0.336 e. The van der Waals surface area contributed by atoms with Gasteiger partial charge in [-0.2, -0.15) is 0 Å². The number of nitro benzene ring substituents is 1.